The van der Waals surface area contributed by atoms with Crippen molar-refractivity contribution in [2.24, 2.45) is 0 Å². The van der Waals surface area contributed by atoms with E-state index < -0.39 is 10.1 Å². The third kappa shape index (κ3) is 20.5. The molecule has 44 heavy (non-hydrogen) atoms. The Morgan fingerprint density at radius 2 is 0.977 bits per heavy atom. The molecular formula is C34H42O8S2. The molecule has 4 aromatic carbocycles. The second-order valence-corrected chi connectivity index (χ2v) is 9.62. The number of benzene rings is 4. The predicted octanol–water partition coefficient (Wildman–Crippen LogP) is 7.50. The van der Waals surface area contributed by atoms with E-state index in [1.54, 1.807) is 19.2 Å². The van der Waals surface area contributed by atoms with Crippen LogP contribution in [0.5, 0.6) is 17.2 Å². The third-order valence-electron chi connectivity index (χ3n) is 4.96. The number of hydrogen-bond donors (Lipinski definition) is 1. The summed E-state index contributed by atoms with van der Waals surface area (Å²) in [4.78, 5) is -0.0666. The minimum Gasteiger partial charge on any atom is -0.498 e. The zero-order chi connectivity index (χ0) is 31.6. The molecule has 0 radical (unpaired) electrons. The fourth-order valence-corrected chi connectivity index (χ4v) is 3.36. The van der Waals surface area contributed by atoms with E-state index in [2.05, 4.69) is 13.2 Å². The van der Waals surface area contributed by atoms with Crippen LogP contribution in [0.15, 0.2) is 146 Å². The lowest BCUT2D eigenvalue weighted by molar-refractivity contribution is 0.179. The summed E-state index contributed by atoms with van der Waals surface area (Å²) in [7, 11) is -2.36. The third-order valence-corrected chi connectivity index (χ3v) is 5.83. The number of rotatable bonds is 12. The number of hydrogen-bond acceptors (Lipinski definition) is 7. The number of ether oxygens (including phenoxy) is 5. The molecule has 0 atom stereocenters. The van der Waals surface area contributed by atoms with Gasteiger partial charge in [-0.15, -0.1) is 0 Å². The van der Waals surface area contributed by atoms with Gasteiger partial charge in [0.25, 0.3) is 10.1 Å². The highest BCUT2D eigenvalue weighted by Gasteiger charge is 2.06. The monoisotopic (exact) mass is 642 g/mol. The SMILES string of the molecule is C=COCCOc1ccccc1.C=COCCOc1ccccc1.COc1ccccc1.Cc1ccc(S(=O)(=O)O)cc1.S. The van der Waals surface area contributed by atoms with Crippen LogP contribution in [-0.4, -0.2) is 46.5 Å². The molecule has 0 aliphatic carbocycles. The summed E-state index contributed by atoms with van der Waals surface area (Å²) < 4.78 is 54.9. The van der Waals surface area contributed by atoms with Gasteiger partial charge in [-0.3, -0.25) is 4.55 Å². The van der Waals surface area contributed by atoms with Crippen molar-refractivity contribution in [3.63, 3.8) is 0 Å². The van der Waals surface area contributed by atoms with Crippen molar-refractivity contribution in [3.05, 3.63) is 147 Å². The molecule has 10 heteroatoms. The molecule has 0 heterocycles. The maximum atomic E-state index is 10.5. The van der Waals surface area contributed by atoms with Crippen LogP contribution in [0.1, 0.15) is 5.56 Å². The normalized spacial score (nSPS) is 9.34. The van der Waals surface area contributed by atoms with E-state index in [-0.39, 0.29) is 18.4 Å². The summed E-state index contributed by atoms with van der Waals surface area (Å²) in [6.07, 6.45) is 2.82. The first-order valence-corrected chi connectivity index (χ1v) is 14.7. The van der Waals surface area contributed by atoms with Crippen molar-refractivity contribution in [2.45, 2.75) is 11.8 Å². The molecule has 0 bridgehead atoms. The van der Waals surface area contributed by atoms with Crippen LogP contribution in [0.4, 0.5) is 0 Å². The summed E-state index contributed by atoms with van der Waals surface area (Å²) in [6.45, 7) is 10.9. The second-order valence-electron chi connectivity index (χ2n) is 8.20. The van der Waals surface area contributed by atoms with Gasteiger partial charge in [0.1, 0.15) is 43.7 Å². The first kappa shape index (κ1) is 39.6. The predicted molar refractivity (Wildman–Crippen MR) is 181 cm³/mol. The Kier molecular flexibility index (Phi) is 22.6. The minimum absolute atomic E-state index is 0. The van der Waals surface area contributed by atoms with Gasteiger partial charge in [-0.05, 0) is 55.5 Å². The average Bonchev–Trinajstić information content (AvgIpc) is 3.04. The smallest absolute Gasteiger partial charge is 0.294 e. The van der Waals surface area contributed by atoms with Gasteiger partial charge in [-0.1, -0.05) is 85.5 Å². The molecule has 0 saturated carbocycles. The molecule has 0 fully saturated rings. The lowest BCUT2D eigenvalue weighted by Gasteiger charge is -2.04. The quantitative estimate of drug-likeness (QED) is 0.0964. The van der Waals surface area contributed by atoms with E-state index >= 15 is 0 Å². The number of para-hydroxylation sites is 3. The molecule has 1 N–H and O–H groups in total. The lowest BCUT2D eigenvalue weighted by Crippen LogP contribution is -2.03. The van der Waals surface area contributed by atoms with Crippen LogP contribution in [-0.2, 0) is 19.6 Å². The van der Waals surface area contributed by atoms with E-state index in [0.717, 1.165) is 22.8 Å². The Hall–Kier alpha value is -4.38. The van der Waals surface area contributed by atoms with Gasteiger partial charge in [-0.2, -0.15) is 21.9 Å². The van der Waals surface area contributed by atoms with Crippen molar-refractivity contribution < 1.29 is 36.7 Å². The summed E-state index contributed by atoms with van der Waals surface area (Å²) in [5.74, 6) is 2.64. The Bertz CT molecular complexity index is 1300. The van der Waals surface area contributed by atoms with Crippen LogP contribution >= 0.6 is 13.5 Å². The van der Waals surface area contributed by atoms with Crippen molar-refractivity contribution in [3.8, 4) is 17.2 Å². The van der Waals surface area contributed by atoms with Gasteiger partial charge >= 0.3 is 0 Å². The molecule has 4 rings (SSSR count). The van der Waals surface area contributed by atoms with Crippen LogP contribution in [0, 0.1) is 6.92 Å². The van der Waals surface area contributed by atoms with Gasteiger partial charge in [0.2, 0.25) is 0 Å². The van der Waals surface area contributed by atoms with E-state index in [1.165, 1.54) is 24.7 Å². The summed E-state index contributed by atoms with van der Waals surface area (Å²) in [6, 6.07) is 35.0. The van der Waals surface area contributed by atoms with E-state index in [0.29, 0.717) is 26.4 Å². The van der Waals surface area contributed by atoms with Crippen molar-refractivity contribution >= 4 is 23.6 Å². The highest BCUT2D eigenvalue weighted by Crippen LogP contribution is 2.09. The molecule has 0 amide bonds. The van der Waals surface area contributed by atoms with E-state index in [9.17, 15) is 8.42 Å². The standard InChI is InChI=1S/2C10H12O2.C7H8O3S.C7H8O.H2S/c2*1-2-11-8-9-12-10-6-4-3-5-7-10;1-6-2-4-7(5-3-6)11(8,9)10;1-8-7-5-3-2-4-6-7;/h2*2-7H,1,8-9H2;2-5H,1H3,(H,8,9,10);2-6H,1H3;1H2. The molecule has 0 spiro atoms. The zero-order valence-corrected chi connectivity index (χ0v) is 26.9. The zero-order valence-electron chi connectivity index (χ0n) is 25.1. The second kappa shape index (κ2) is 25.1. The summed E-state index contributed by atoms with van der Waals surface area (Å²) in [5, 5.41) is 0. The Morgan fingerprint density at radius 3 is 1.27 bits per heavy atom. The molecule has 0 saturated heterocycles. The van der Waals surface area contributed by atoms with Gasteiger partial charge in [0, 0.05) is 0 Å². The van der Waals surface area contributed by atoms with Crippen LogP contribution < -0.4 is 14.2 Å². The summed E-state index contributed by atoms with van der Waals surface area (Å²) in [5.41, 5.74) is 0.956. The molecule has 4 aromatic rings. The molecule has 0 aromatic heterocycles. The van der Waals surface area contributed by atoms with E-state index in [4.69, 9.17) is 28.2 Å². The Labute approximate surface area is 268 Å². The molecule has 0 aliphatic heterocycles. The topological polar surface area (TPSA) is 101 Å². The Balaban J connectivity index is 0.000000561. The van der Waals surface area contributed by atoms with E-state index in [1.807, 2.05) is 97.9 Å². The van der Waals surface area contributed by atoms with Crippen molar-refractivity contribution in [1.82, 2.24) is 0 Å². The number of methoxy groups -OCH3 is 1. The van der Waals surface area contributed by atoms with Gasteiger partial charge in [-0.25, -0.2) is 0 Å². The highest BCUT2D eigenvalue weighted by atomic mass is 32.2. The minimum atomic E-state index is -4.02. The lowest BCUT2D eigenvalue weighted by atomic mass is 10.2. The van der Waals surface area contributed by atoms with Crippen LogP contribution in [0.3, 0.4) is 0 Å². The summed E-state index contributed by atoms with van der Waals surface area (Å²) >= 11 is 0. The van der Waals surface area contributed by atoms with Crippen LogP contribution in [0.2, 0.25) is 0 Å². The first-order chi connectivity index (χ1) is 20.8. The van der Waals surface area contributed by atoms with Gasteiger partial charge in [0.05, 0.1) is 24.5 Å². The molecule has 8 nitrogen and oxygen atoms in total. The maximum absolute atomic E-state index is 10.5. The van der Waals surface area contributed by atoms with Crippen LogP contribution in [0.25, 0.3) is 0 Å². The molecular weight excluding hydrogens is 601 g/mol. The fourth-order valence-electron chi connectivity index (χ4n) is 2.88. The fraction of sp³-hybridized carbons (Fsp3) is 0.176. The maximum Gasteiger partial charge on any atom is 0.294 e. The molecule has 0 unspecified atom stereocenters. The number of aryl methyl sites for hydroxylation is 1. The first-order valence-electron chi connectivity index (χ1n) is 13.2. The van der Waals surface area contributed by atoms with Crippen molar-refractivity contribution in [1.29, 1.82) is 0 Å². The molecule has 238 valence electrons. The van der Waals surface area contributed by atoms with Gasteiger partial charge < -0.3 is 23.7 Å². The van der Waals surface area contributed by atoms with Gasteiger partial charge in [0.15, 0.2) is 0 Å². The molecule has 0 aliphatic rings. The average molecular weight is 643 g/mol. The largest absolute Gasteiger partial charge is 0.498 e. The van der Waals surface area contributed by atoms with Crippen molar-refractivity contribution in [2.75, 3.05) is 33.5 Å². The Morgan fingerprint density at radius 1 is 0.614 bits per heavy atom. The highest BCUT2D eigenvalue weighted by molar-refractivity contribution is 7.85.